The van der Waals surface area contributed by atoms with Crippen LogP contribution in [0.1, 0.15) is 18.7 Å². The number of rotatable bonds is 6. The molecule has 6 heteroatoms. The molecule has 0 amide bonds. The number of anilines is 1. The summed E-state index contributed by atoms with van der Waals surface area (Å²) in [6.45, 7) is 5.76. The standard InChI is InChI=1S/C12H17N3O2S/c1-3-8-7-9-10(17-6-5-16-4-2)14-12(13)15-11(9)18-8/h7H,3-6H2,1-2H3,(H2,13,14,15). The Bertz CT molecular complexity index is 527. The Balaban J connectivity index is 2.21. The summed E-state index contributed by atoms with van der Waals surface area (Å²) in [5, 5.41) is 0.933. The summed E-state index contributed by atoms with van der Waals surface area (Å²) in [6, 6.07) is 2.06. The molecular weight excluding hydrogens is 250 g/mol. The Hall–Kier alpha value is -1.40. The maximum atomic E-state index is 5.68. The number of fused-ring (bicyclic) bond motifs is 1. The lowest BCUT2D eigenvalue weighted by Gasteiger charge is -2.06. The van der Waals surface area contributed by atoms with Gasteiger partial charge in [0.2, 0.25) is 11.8 Å². The van der Waals surface area contributed by atoms with E-state index in [0.717, 1.165) is 16.6 Å². The first-order valence-corrected chi connectivity index (χ1v) is 6.82. The van der Waals surface area contributed by atoms with Crippen LogP contribution >= 0.6 is 11.3 Å². The van der Waals surface area contributed by atoms with Gasteiger partial charge in [-0.15, -0.1) is 11.3 Å². The number of nitrogen functional groups attached to an aromatic ring is 1. The quantitative estimate of drug-likeness (QED) is 0.813. The number of nitrogens with zero attached hydrogens (tertiary/aromatic N) is 2. The fraction of sp³-hybridized carbons (Fsp3) is 0.500. The van der Waals surface area contributed by atoms with E-state index < -0.39 is 0 Å². The zero-order valence-corrected chi connectivity index (χ0v) is 11.4. The van der Waals surface area contributed by atoms with E-state index in [1.807, 2.05) is 6.92 Å². The minimum Gasteiger partial charge on any atom is -0.475 e. The van der Waals surface area contributed by atoms with Crippen molar-refractivity contribution in [3.05, 3.63) is 10.9 Å². The third-order valence-corrected chi connectivity index (χ3v) is 3.62. The van der Waals surface area contributed by atoms with E-state index in [-0.39, 0.29) is 5.95 Å². The van der Waals surface area contributed by atoms with Crippen LogP contribution in [-0.2, 0) is 11.2 Å². The second kappa shape index (κ2) is 5.97. The molecular formula is C12H17N3O2S. The van der Waals surface area contributed by atoms with Crippen LogP contribution in [0.25, 0.3) is 10.2 Å². The van der Waals surface area contributed by atoms with Crippen molar-refractivity contribution in [1.82, 2.24) is 9.97 Å². The van der Waals surface area contributed by atoms with Crippen LogP contribution in [0.3, 0.4) is 0 Å². The molecule has 0 aromatic carbocycles. The van der Waals surface area contributed by atoms with Gasteiger partial charge in [0.05, 0.1) is 12.0 Å². The molecule has 0 aliphatic carbocycles. The second-order valence-corrected chi connectivity index (χ2v) is 4.83. The van der Waals surface area contributed by atoms with Gasteiger partial charge < -0.3 is 15.2 Å². The topological polar surface area (TPSA) is 70.3 Å². The highest BCUT2D eigenvalue weighted by atomic mass is 32.1. The van der Waals surface area contributed by atoms with Crippen LogP contribution < -0.4 is 10.5 Å². The smallest absolute Gasteiger partial charge is 0.227 e. The fourth-order valence-corrected chi connectivity index (χ4v) is 2.55. The highest BCUT2D eigenvalue weighted by Gasteiger charge is 2.11. The van der Waals surface area contributed by atoms with Crippen LogP contribution in [0, 0.1) is 0 Å². The molecule has 18 heavy (non-hydrogen) atoms. The predicted molar refractivity (Wildman–Crippen MR) is 73.2 cm³/mol. The molecule has 5 nitrogen and oxygen atoms in total. The molecule has 0 saturated heterocycles. The van der Waals surface area contributed by atoms with Gasteiger partial charge in [-0.05, 0) is 19.4 Å². The van der Waals surface area contributed by atoms with Gasteiger partial charge in [-0.2, -0.15) is 4.98 Å². The van der Waals surface area contributed by atoms with E-state index in [1.54, 1.807) is 11.3 Å². The highest BCUT2D eigenvalue weighted by molar-refractivity contribution is 7.18. The first-order chi connectivity index (χ1) is 8.74. The minimum atomic E-state index is 0.249. The van der Waals surface area contributed by atoms with Crippen molar-refractivity contribution in [2.75, 3.05) is 25.6 Å². The molecule has 2 rings (SSSR count). The Labute approximate surface area is 110 Å². The average Bonchev–Trinajstić information content (AvgIpc) is 2.77. The van der Waals surface area contributed by atoms with Crippen LogP contribution in [-0.4, -0.2) is 29.8 Å². The summed E-state index contributed by atoms with van der Waals surface area (Å²) in [4.78, 5) is 10.5. The molecule has 0 aliphatic heterocycles. The molecule has 0 fully saturated rings. The Morgan fingerprint density at radius 3 is 2.83 bits per heavy atom. The van der Waals surface area contributed by atoms with Gasteiger partial charge in [0.15, 0.2) is 0 Å². The van der Waals surface area contributed by atoms with Crippen LogP contribution in [0.5, 0.6) is 5.88 Å². The number of aryl methyl sites for hydroxylation is 1. The first kappa shape index (κ1) is 13.0. The van der Waals surface area contributed by atoms with Crippen molar-refractivity contribution in [3.63, 3.8) is 0 Å². The molecule has 0 atom stereocenters. The maximum absolute atomic E-state index is 5.68. The largest absolute Gasteiger partial charge is 0.475 e. The van der Waals surface area contributed by atoms with Gasteiger partial charge in [-0.1, -0.05) is 6.92 Å². The maximum Gasteiger partial charge on any atom is 0.227 e. The molecule has 0 unspecified atom stereocenters. The molecule has 0 saturated carbocycles. The Morgan fingerprint density at radius 1 is 1.28 bits per heavy atom. The number of nitrogens with two attached hydrogens (primary N) is 1. The summed E-state index contributed by atoms with van der Waals surface area (Å²) >= 11 is 1.63. The average molecular weight is 267 g/mol. The van der Waals surface area contributed by atoms with E-state index in [0.29, 0.717) is 25.7 Å². The summed E-state index contributed by atoms with van der Waals surface area (Å²) < 4.78 is 10.8. The number of aromatic nitrogens is 2. The van der Waals surface area contributed by atoms with Gasteiger partial charge in [-0.3, -0.25) is 0 Å². The molecule has 98 valence electrons. The fourth-order valence-electron chi connectivity index (χ4n) is 1.59. The zero-order chi connectivity index (χ0) is 13.0. The molecule has 0 spiro atoms. The van der Waals surface area contributed by atoms with Gasteiger partial charge in [0.25, 0.3) is 0 Å². The lowest BCUT2D eigenvalue weighted by molar-refractivity contribution is 0.109. The molecule has 0 radical (unpaired) electrons. The Kier molecular flexibility index (Phi) is 4.33. The number of thiophene rings is 1. The van der Waals surface area contributed by atoms with Crippen molar-refractivity contribution in [2.45, 2.75) is 20.3 Å². The molecule has 2 aromatic heterocycles. The molecule has 0 bridgehead atoms. The van der Waals surface area contributed by atoms with Crippen molar-refractivity contribution in [1.29, 1.82) is 0 Å². The van der Waals surface area contributed by atoms with Crippen LogP contribution in [0.15, 0.2) is 6.07 Å². The third-order valence-electron chi connectivity index (χ3n) is 2.45. The van der Waals surface area contributed by atoms with Crippen molar-refractivity contribution >= 4 is 27.5 Å². The molecule has 2 heterocycles. The predicted octanol–water partition coefficient (Wildman–Crippen LogP) is 2.25. The van der Waals surface area contributed by atoms with Crippen LogP contribution in [0.2, 0.25) is 0 Å². The number of hydrogen-bond acceptors (Lipinski definition) is 6. The van der Waals surface area contributed by atoms with E-state index in [4.69, 9.17) is 15.2 Å². The second-order valence-electron chi connectivity index (χ2n) is 3.72. The normalized spacial score (nSPS) is 11.0. The first-order valence-electron chi connectivity index (χ1n) is 6.01. The van der Waals surface area contributed by atoms with Crippen molar-refractivity contribution in [2.24, 2.45) is 0 Å². The van der Waals surface area contributed by atoms with Gasteiger partial charge in [-0.25, -0.2) is 4.98 Å². The molecule has 2 N–H and O–H groups in total. The van der Waals surface area contributed by atoms with Gasteiger partial charge >= 0.3 is 0 Å². The zero-order valence-electron chi connectivity index (χ0n) is 10.6. The van der Waals surface area contributed by atoms with E-state index in [2.05, 4.69) is 23.0 Å². The van der Waals surface area contributed by atoms with Gasteiger partial charge in [0, 0.05) is 11.5 Å². The van der Waals surface area contributed by atoms with E-state index in [1.165, 1.54) is 4.88 Å². The summed E-state index contributed by atoms with van der Waals surface area (Å²) in [7, 11) is 0. The van der Waals surface area contributed by atoms with Gasteiger partial charge in [0.1, 0.15) is 11.4 Å². The highest BCUT2D eigenvalue weighted by Crippen LogP contribution is 2.31. The SMILES string of the molecule is CCOCCOc1nc(N)nc2sc(CC)cc12. The molecule has 0 aliphatic rings. The number of ether oxygens (including phenoxy) is 2. The molecule has 2 aromatic rings. The summed E-state index contributed by atoms with van der Waals surface area (Å²) in [5.41, 5.74) is 5.68. The number of hydrogen-bond donors (Lipinski definition) is 1. The summed E-state index contributed by atoms with van der Waals surface area (Å²) in [6.07, 6.45) is 0.972. The van der Waals surface area contributed by atoms with Crippen LogP contribution in [0.4, 0.5) is 5.95 Å². The minimum absolute atomic E-state index is 0.249. The van der Waals surface area contributed by atoms with E-state index >= 15 is 0 Å². The monoisotopic (exact) mass is 267 g/mol. The third kappa shape index (κ3) is 2.88. The van der Waals surface area contributed by atoms with Crippen molar-refractivity contribution in [3.8, 4) is 5.88 Å². The lowest BCUT2D eigenvalue weighted by atomic mass is 10.3. The van der Waals surface area contributed by atoms with E-state index in [9.17, 15) is 0 Å². The Morgan fingerprint density at radius 2 is 2.11 bits per heavy atom. The lowest BCUT2D eigenvalue weighted by Crippen LogP contribution is -2.08. The summed E-state index contributed by atoms with van der Waals surface area (Å²) in [5.74, 6) is 0.798. The van der Waals surface area contributed by atoms with Crippen molar-refractivity contribution < 1.29 is 9.47 Å².